The van der Waals surface area contributed by atoms with E-state index in [1.807, 2.05) is 13.8 Å². The second-order valence-corrected chi connectivity index (χ2v) is 5.93. The van der Waals surface area contributed by atoms with Crippen LogP contribution in [0.5, 0.6) is 0 Å². The minimum absolute atomic E-state index is 0.00837. The Labute approximate surface area is 97.1 Å². The van der Waals surface area contributed by atoms with Gasteiger partial charge in [-0.25, -0.2) is 0 Å². The fourth-order valence-corrected chi connectivity index (χ4v) is 3.91. The fraction of sp³-hybridized carbons (Fsp3) is 0.786. The molecule has 2 saturated carbocycles. The van der Waals surface area contributed by atoms with Gasteiger partial charge < -0.3 is 4.74 Å². The summed E-state index contributed by atoms with van der Waals surface area (Å²) in [4.78, 5) is 11.6. The Morgan fingerprint density at radius 1 is 1.31 bits per heavy atom. The highest BCUT2D eigenvalue weighted by Gasteiger charge is 2.53. The molecule has 3 aliphatic rings. The lowest BCUT2D eigenvalue weighted by molar-refractivity contribution is -0.156. The van der Waals surface area contributed by atoms with E-state index in [2.05, 4.69) is 12.2 Å². The maximum Gasteiger partial charge on any atom is 0.308 e. The molecule has 0 spiro atoms. The molecule has 5 atom stereocenters. The fourth-order valence-electron chi connectivity index (χ4n) is 3.91. The third-order valence-corrected chi connectivity index (χ3v) is 4.69. The first kappa shape index (κ1) is 10.4. The van der Waals surface area contributed by atoms with E-state index >= 15 is 0 Å². The molecule has 4 unspecified atom stereocenters. The monoisotopic (exact) mass is 220 g/mol. The van der Waals surface area contributed by atoms with Gasteiger partial charge in [0.15, 0.2) is 0 Å². The van der Waals surface area contributed by atoms with Crippen molar-refractivity contribution in [1.82, 2.24) is 0 Å². The second kappa shape index (κ2) is 3.61. The highest BCUT2D eigenvalue weighted by Crippen LogP contribution is 2.57. The zero-order chi connectivity index (χ0) is 11.3. The molecule has 0 heterocycles. The number of ether oxygens (including phenoxy) is 1. The summed E-state index contributed by atoms with van der Waals surface area (Å²) >= 11 is 0. The number of hydrogen-bond donors (Lipinski definition) is 0. The lowest BCUT2D eigenvalue weighted by Gasteiger charge is -2.31. The quantitative estimate of drug-likeness (QED) is 0.528. The van der Waals surface area contributed by atoms with Gasteiger partial charge in [0.05, 0.1) is 5.92 Å². The SMILES string of the molecule is CC(C)C(=O)OC1C[C@H]2CC1C1C=CCC12. The van der Waals surface area contributed by atoms with E-state index in [4.69, 9.17) is 4.74 Å². The molecule has 2 nitrogen and oxygen atoms in total. The largest absolute Gasteiger partial charge is 0.462 e. The molecular weight excluding hydrogens is 200 g/mol. The number of hydrogen-bond acceptors (Lipinski definition) is 2. The van der Waals surface area contributed by atoms with Crippen molar-refractivity contribution in [2.24, 2.45) is 29.6 Å². The van der Waals surface area contributed by atoms with Gasteiger partial charge in [0.25, 0.3) is 0 Å². The lowest BCUT2D eigenvalue weighted by Crippen LogP contribution is -2.33. The van der Waals surface area contributed by atoms with Crippen molar-refractivity contribution in [3.63, 3.8) is 0 Å². The molecular formula is C14H20O2. The van der Waals surface area contributed by atoms with Crippen molar-refractivity contribution in [3.8, 4) is 0 Å². The van der Waals surface area contributed by atoms with Crippen LogP contribution in [0.25, 0.3) is 0 Å². The average Bonchev–Trinajstić information content (AvgIpc) is 2.87. The molecule has 3 rings (SSSR count). The third-order valence-electron chi connectivity index (χ3n) is 4.69. The number of carbonyl (C=O) groups excluding carboxylic acids is 1. The summed E-state index contributed by atoms with van der Waals surface area (Å²) in [6.07, 6.45) is 8.56. The first-order chi connectivity index (χ1) is 7.66. The number of esters is 1. The van der Waals surface area contributed by atoms with E-state index in [0.29, 0.717) is 11.8 Å². The van der Waals surface area contributed by atoms with Gasteiger partial charge in [-0.05, 0) is 37.0 Å². The Bertz CT molecular complexity index is 332. The van der Waals surface area contributed by atoms with E-state index in [-0.39, 0.29) is 18.0 Å². The van der Waals surface area contributed by atoms with Crippen LogP contribution in [0.15, 0.2) is 12.2 Å². The first-order valence-corrected chi connectivity index (χ1v) is 6.54. The summed E-state index contributed by atoms with van der Waals surface area (Å²) in [7, 11) is 0. The number of allylic oxidation sites excluding steroid dienone is 2. The molecule has 0 aromatic heterocycles. The van der Waals surface area contributed by atoms with Crippen LogP contribution in [0.2, 0.25) is 0 Å². The number of rotatable bonds is 2. The van der Waals surface area contributed by atoms with E-state index in [0.717, 1.165) is 18.3 Å². The summed E-state index contributed by atoms with van der Waals surface area (Å²) in [5.41, 5.74) is 0. The molecule has 0 saturated heterocycles. The molecule has 2 heteroatoms. The molecule has 0 aromatic carbocycles. The van der Waals surface area contributed by atoms with Crippen molar-refractivity contribution in [2.75, 3.05) is 0 Å². The van der Waals surface area contributed by atoms with Crippen molar-refractivity contribution in [2.45, 2.75) is 39.2 Å². The Hall–Kier alpha value is -0.790. The highest BCUT2D eigenvalue weighted by molar-refractivity contribution is 5.71. The summed E-state index contributed by atoms with van der Waals surface area (Å²) in [6.45, 7) is 3.82. The van der Waals surface area contributed by atoms with Crippen LogP contribution >= 0.6 is 0 Å². The van der Waals surface area contributed by atoms with Crippen molar-refractivity contribution in [1.29, 1.82) is 0 Å². The molecule has 0 aromatic rings. The van der Waals surface area contributed by atoms with Gasteiger partial charge in [-0.3, -0.25) is 4.79 Å². The van der Waals surface area contributed by atoms with Crippen LogP contribution < -0.4 is 0 Å². The van der Waals surface area contributed by atoms with Crippen molar-refractivity contribution in [3.05, 3.63) is 12.2 Å². The summed E-state index contributed by atoms with van der Waals surface area (Å²) < 4.78 is 5.64. The molecule has 0 aliphatic heterocycles. The minimum Gasteiger partial charge on any atom is -0.462 e. The van der Waals surface area contributed by atoms with Gasteiger partial charge in [-0.15, -0.1) is 0 Å². The summed E-state index contributed by atoms with van der Waals surface area (Å²) in [5.74, 6) is 3.01. The van der Waals surface area contributed by atoms with E-state index in [9.17, 15) is 4.79 Å². The average molecular weight is 220 g/mol. The predicted molar refractivity (Wildman–Crippen MR) is 61.7 cm³/mol. The van der Waals surface area contributed by atoms with Crippen LogP contribution in [0.1, 0.15) is 33.1 Å². The zero-order valence-electron chi connectivity index (χ0n) is 10.1. The van der Waals surface area contributed by atoms with Crippen LogP contribution in [-0.2, 0) is 9.53 Å². The first-order valence-electron chi connectivity index (χ1n) is 6.54. The van der Waals surface area contributed by atoms with Crippen molar-refractivity contribution >= 4 is 5.97 Å². The maximum atomic E-state index is 11.6. The third kappa shape index (κ3) is 1.42. The maximum absolute atomic E-state index is 11.6. The Morgan fingerprint density at radius 3 is 2.88 bits per heavy atom. The van der Waals surface area contributed by atoms with Gasteiger partial charge in [0, 0.05) is 5.92 Å². The Balaban J connectivity index is 1.68. The molecule has 88 valence electrons. The standard InChI is InChI=1S/C14H20O2/c1-8(2)14(15)16-13-7-9-6-12(13)11-5-3-4-10(9)11/h3,5,8-13H,4,6-7H2,1-2H3/t9-,10?,11?,12?,13?/m1/s1. The molecule has 0 amide bonds. The molecule has 2 bridgehead atoms. The molecule has 0 N–H and O–H groups in total. The molecule has 2 fully saturated rings. The van der Waals surface area contributed by atoms with Gasteiger partial charge in [0.2, 0.25) is 0 Å². The van der Waals surface area contributed by atoms with E-state index < -0.39 is 0 Å². The zero-order valence-corrected chi connectivity index (χ0v) is 10.1. The Morgan fingerprint density at radius 2 is 2.12 bits per heavy atom. The smallest absolute Gasteiger partial charge is 0.308 e. The predicted octanol–water partition coefficient (Wildman–Crippen LogP) is 2.79. The van der Waals surface area contributed by atoms with E-state index in [1.165, 1.54) is 12.8 Å². The van der Waals surface area contributed by atoms with Gasteiger partial charge in [-0.2, -0.15) is 0 Å². The second-order valence-electron chi connectivity index (χ2n) is 5.93. The summed E-state index contributed by atoms with van der Waals surface area (Å²) in [6, 6.07) is 0. The van der Waals surface area contributed by atoms with Gasteiger partial charge in [-0.1, -0.05) is 26.0 Å². The van der Waals surface area contributed by atoms with Gasteiger partial charge >= 0.3 is 5.97 Å². The van der Waals surface area contributed by atoms with Crippen LogP contribution in [-0.4, -0.2) is 12.1 Å². The number of fused-ring (bicyclic) bond motifs is 5. The Kier molecular flexibility index (Phi) is 2.34. The van der Waals surface area contributed by atoms with Crippen LogP contribution in [0.4, 0.5) is 0 Å². The topological polar surface area (TPSA) is 26.3 Å². The summed E-state index contributed by atoms with van der Waals surface area (Å²) in [5, 5.41) is 0. The number of carbonyl (C=O) groups is 1. The highest BCUT2D eigenvalue weighted by atomic mass is 16.5. The van der Waals surface area contributed by atoms with Crippen LogP contribution in [0, 0.1) is 29.6 Å². The molecule has 16 heavy (non-hydrogen) atoms. The van der Waals surface area contributed by atoms with Gasteiger partial charge in [0.1, 0.15) is 6.10 Å². The minimum atomic E-state index is -0.0175. The normalized spacial score (nSPS) is 44.1. The van der Waals surface area contributed by atoms with Crippen molar-refractivity contribution < 1.29 is 9.53 Å². The molecule has 0 radical (unpaired) electrons. The van der Waals surface area contributed by atoms with Crippen LogP contribution in [0.3, 0.4) is 0 Å². The molecule has 3 aliphatic carbocycles. The van der Waals surface area contributed by atoms with E-state index in [1.54, 1.807) is 0 Å². The lowest BCUT2D eigenvalue weighted by atomic mass is 9.80.